The Morgan fingerprint density at radius 3 is 2.06 bits per heavy atom. The van der Waals surface area contributed by atoms with Crippen molar-refractivity contribution in [2.45, 2.75) is 65.1 Å². The van der Waals surface area contributed by atoms with Crippen LogP contribution in [0.3, 0.4) is 0 Å². The van der Waals surface area contributed by atoms with Crippen LogP contribution in [0.1, 0.15) is 46.1 Å². The molecule has 0 heterocycles. The zero-order valence-electron chi connectivity index (χ0n) is 12.8. The first kappa shape index (κ1) is 15.3. The Hall–Kier alpha value is -0.763. The summed E-state index contributed by atoms with van der Waals surface area (Å²) in [5.74, 6) is 1.03. The van der Waals surface area contributed by atoms with Crippen LogP contribution in [0.2, 0.25) is 18.1 Å². The zero-order chi connectivity index (χ0) is 13.8. The van der Waals surface area contributed by atoms with E-state index >= 15 is 0 Å². The predicted molar refractivity (Wildman–Crippen MR) is 82.9 cm³/mol. The largest absolute Gasteiger partial charge is 0.544 e. The summed E-state index contributed by atoms with van der Waals surface area (Å²) >= 11 is 0. The maximum absolute atomic E-state index is 6.26. The standard InChI is InChI=1S/C16H28OSi/c1-7-8-9-14-10-12-15(13-11-14)17-18(5,6)16(2,3)4/h10-13H,7-9H2,1-6H3. The molecule has 1 aromatic carbocycles. The maximum Gasteiger partial charge on any atom is 0.250 e. The molecule has 0 fully saturated rings. The zero-order valence-corrected chi connectivity index (χ0v) is 13.8. The first-order valence-corrected chi connectivity index (χ1v) is 9.95. The number of hydrogen-bond donors (Lipinski definition) is 0. The van der Waals surface area contributed by atoms with Crippen molar-refractivity contribution in [1.29, 1.82) is 0 Å². The van der Waals surface area contributed by atoms with E-state index in [1.165, 1.54) is 24.8 Å². The first-order chi connectivity index (χ1) is 8.26. The fourth-order valence-corrected chi connectivity index (χ4v) is 2.58. The fourth-order valence-electron chi connectivity index (χ4n) is 1.55. The van der Waals surface area contributed by atoms with Crippen LogP contribution in [-0.4, -0.2) is 8.32 Å². The van der Waals surface area contributed by atoms with Crippen molar-refractivity contribution >= 4 is 8.32 Å². The van der Waals surface area contributed by atoms with E-state index in [0.717, 1.165) is 5.75 Å². The van der Waals surface area contributed by atoms with Crippen LogP contribution in [0.25, 0.3) is 0 Å². The molecule has 18 heavy (non-hydrogen) atoms. The second-order valence-corrected chi connectivity index (χ2v) is 11.3. The number of unbranched alkanes of at least 4 members (excludes halogenated alkanes) is 1. The fraction of sp³-hybridized carbons (Fsp3) is 0.625. The average Bonchev–Trinajstić information content (AvgIpc) is 2.26. The Bertz CT molecular complexity index is 360. The molecule has 0 bridgehead atoms. The first-order valence-electron chi connectivity index (χ1n) is 7.04. The number of hydrogen-bond acceptors (Lipinski definition) is 1. The molecule has 0 spiro atoms. The highest BCUT2D eigenvalue weighted by Gasteiger charge is 2.38. The Balaban J connectivity index is 2.69. The molecule has 102 valence electrons. The molecular weight excluding hydrogens is 236 g/mol. The van der Waals surface area contributed by atoms with Gasteiger partial charge >= 0.3 is 0 Å². The van der Waals surface area contributed by atoms with E-state index in [0.29, 0.717) is 0 Å². The molecule has 0 aliphatic rings. The molecule has 0 aromatic heterocycles. The van der Waals surface area contributed by atoms with E-state index in [2.05, 4.69) is 65.1 Å². The Morgan fingerprint density at radius 2 is 1.61 bits per heavy atom. The van der Waals surface area contributed by atoms with Crippen molar-refractivity contribution in [3.63, 3.8) is 0 Å². The third-order valence-electron chi connectivity index (χ3n) is 3.92. The van der Waals surface area contributed by atoms with Crippen LogP contribution < -0.4 is 4.43 Å². The summed E-state index contributed by atoms with van der Waals surface area (Å²) in [6, 6.07) is 8.67. The van der Waals surface area contributed by atoms with E-state index in [4.69, 9.17) is 4.43 Å². The molecule has 0 saturated heterocycles. The van der Waals surface area contributed by atoms with Gasteiger partial charge in [0.05, 0.1) is 0 Å². The minimum absolute atomic E-state index is 0.258. The van der Waals surface area contributed by atoms with Crippen LogP contribution in [0.15, 0.2) is 24.3 Å². The van der Waals surface area contributed by atoms with Gasteiger partial charge in [0.25, 0.3) is 0 Å². The van der Waals surface area contributed by atoms with Gasteiger partial charge in [-0.25, -0.2) is 0 Å². The molecular formula is C16H28OSi. The van der Waals surface area contributed by atoms with Gasteiger partial charge in [-0.05, 0) is 48.7 Å². The predicted octanol–water partition coefficient (Wildman–Crippen LogP) is 5.41. The summed E-state index contributed by atoms with van der Waals surface area (Å²) in [4.78, 5) is 0. The molecule has 0 radical (unpaired) electrons. The Kier molecular flexibility index (Phi) is 5.03. The van der Waals surface area contributed by atoms with Crippen molar-refractivity contribution in [2.24, 2.45) is 0 Å². The summed E-state index contributed by atoms with van der Waals surface area (Å²) < 4.78 is 6.26. The molecule has 0 atom stereocenters. The van der Waals surface area contributed by atoms with E-state index in [1.54, 1.807) is 0 Å². The minimum Gasteiger partial charge on any atom is -0.544 e. The van der Waals surface area contributed by atoms with Crippen LogP contribution >= 0.6 is 0 Å². The van der Waals surface area contributed by atoms with Crippen molar-refractivity contribution < 1.29 is 4.43 Å². The van der Waals surface area contributed by atoms with Crippen LogP contribution in [0.5, 0.6) is 5.75 Å². The lowest BCUT2D eigenvalue weighted by Gasteiger charge is -2.36. The quantitative estimate of drug-likeness (QED) is 0.646. The summed E-state index contributed by atoms with van der Waals surface area (Å²) in [7, 11) is -1.69. The molecule has 0 aliphatic carbocycles. The van der Waals surface area contributed by atoms with Crippen LogP contribution in [0, 0.1) is 0 Å². The molecule has 1 aromatic rings. The highest BCUT2D eigenvalue weighted by molar-refractivity contribution is 6.74. The molecule has 0 N–H and O–H groups in total. The van der Waals surface area contributed by atoms with Crippen LogP contribution in [0.4, 0.5) is 0 Å². The molecule has 0 aliphatic heterocycles. The smallest absolute Gasteiger partial charge is 0.250 e. The van der Waals surface area contributed by atoms with Crippen molar-refractivity contribution in [1.82, 2.24) is 0 Å². The van der Waals surface area contributed by atoms with Gasteiger partial charge in [-0.15, -0.1) is 0 Å². The molecule has 0 saturated carbocycles. The van der Waals surface area contributed by atoms with Crippen LogP contribution in [-0.2, 0) is 6.42 Å². The highest BCUT2D eigenvalue weighted by Crippen LogP contribution is 2.37. The average molecular weight is 264 g/mol. The van der Waals surface area contributed by atoms with Gasteiger partial charge in [0.15, 0.2) is 0 Å². The monoisotopic (exact) mass is 264 g/mol. The van der Waals surface area contributed by atoms with E-state index in [1.807, 2.05) is 0 Å². The van der Waals surface area contributed by atoms with Gasteiger partial charge in [-0.1, -0.05) is 46.2 Å². The molecule has 1 nitrogen and oxygen atoms in total. The third kappa shape index (κ3) is 4.16. The van der Waals surface area contributed by atoms with Gasteiger partial charge in [0.1, 0.15) is 5.75 Å². The van der Waals surface area contributed by atoms with E-state index in [9.17, 15) is 0 Å². The van der Waals surface area contributed by atoms with Gasteiger partial charge in [0, 0.05) is 0 Å². The molecule has 2 heteroatoms. The number of aryl methyl sites for hydroxylation is 1. The maximum atomic E-state index is 6.26. The van der Waals surface area contributed by atoms with Gasteiger partial charge < -0.3 is 4.43 Å². The van der Waals surface area contributed by atoms with Gasteiger partial charge in [-0.3, -0.25) is 0 Å². The summed E-state index contributed by atoms with van der Waals surface area (Å²) in [5, 5.41) is 0.258. The summed E-state index contributed by atoms with van der Waals surface area (Å²) in [6.07, 6.45) is 3.70. The topological polar surface area (TPSA) is 9.23 Å². The molecule has 0 amide bonds. The van der Waals surface area contributed by atoms with E-state index in [-0.39, 0.29) is 5.04 Å². The highest BCUT2D eigenvalue weighted by atomic mass is 28.4. The van der Waals surface area contributed by atoms with Crippen molar-refractivity contribution in [3.8, 4) is 5.75 Å². The number of rotatable bonds is 5. The van der Waals surface area contributed by atoms with Gasteiger partial charge in [-0.2, -0.15) is 0 Å². The third-order valence-corrected chi connectivity index (χ3v) is 8.28. The normalized spacial score (nSPS) is 12.6. The van der Waals surface area contributed by atoms with E-state index < -0.39 is 8.32 Å². The summed E-state index contributed by atoms with van der Waals surface area (Å²) in [6.45, 7) is 13.6. The Morgan fingerprint density at radius 1 is 1.06 bits per heavy atom. The second kappa shape index (κ2) is 5.92. The molecule has 0 unspecified atom stereocenters. The lowest BCUT2D eigenvalue weighted by atomic mass is 10.1. The Labute approximate surface area is 114 Å². The number of benzene rings is 1. The second-order valence-electron chi connectivity index (χ2n) is 6.61. The SMILES string of the molecule is CCCCc1ccc(O[Si](C)(C)C(C)(C)C)cc1. The lowest BCUT2D eigenvalue weighted by molar-refractivity contribution is 0.492. The minimum atomic E-state index is -1.69. The van der Waals surface area contributed by atoms with Crippen molar-refractivity contribution in [2.75, 3.05) is 0 Å². The van der Waals surface area contributed by atoms with Gasteiger partial charge in [0.2, 0.25) is 8.32 Å². The lowest BCUT2D eigenvalue weighted by Crippen LogP contribution is -2.43. The van der Waals surface area contributed by atoms with Crippen molar-refractivity contribution in [3.05, 3.63) is 29.8 Å². The molecule has 1 rings (SSSR count). The summed E-state index contributed by atoms with van der Waals surface area (Å²) in [5.41, 5.74) is 1.42.